The smallest absolute Gasteiger partial charge is 0.256 e. The Bertz CT molecular complexity index is 842. The molecule has 0 bridgehead atoms. The molecule has 2 aromatic rings. The van der Waals surface area contributed by atoms with Gasteiger partial charge < -0.3 is 10.2 Å². The van der Waals surface area contributed by atoms with Crippen molar-refractivity contribution >= 4 is 17.5 Å². The van der Waals surface area contributed by atoms with Crippen molar-refractivity contribution in [2.75, 3.05) is 18.4 Å². The zero-order valence-electron chi connectivity index (χ0n) is 15.8. The number of benzene rings is 2. The predicted octanol–water partition coefficient (Wildman–Crippen LogP) is 4.19. The number of piperidine rings is 1. The maximum absolute atomic E-state index is 13.8. The molecule has 1 aliphatic heterocycles. The molecule has 5 heteroatoms. The molecule has 2 aromatic carbocycles. The van der Waals surface area contributed by atoms with E-state index in [4.69, 9.17) is 0 Å². The van der Waals surface area contributed by atoms with Gasteiger partial charge in [-0.05, 0) is 49.4 Å². The number of carbonyl (C=O) groups is 2. The fourth-order valence-electron chi connectivity index (χ4n) is 3.58. The van der Waals surface area contributed by atoms with E-state index in [1.54, 1.807) is 17.0 Å². The first-order valence-corrected chi connectivity index (χ1v) is 9.44. The third-order valence-corrected chi connectivity index (χ3v) is 5.25. The van der Waals surface area contributed by atoms with Crippen molar-refractivity contribution in [1.29, 1.82) is 0 Å². The fourth-order valence-corrected chi connectivity index (χ4v) is 3.58. The van der Waals surface area contributed by atoms with Gasteiger partial charge in [-0.2, -0.15) is 0 Å². The predicted molar refractivity (Wildman–Crippen MR) is 104 cm³/mol. The molecule has 2 amide bonds. The Morgan fingerprint density at radius 3 is 2.48 bits per heavy atom. The average molecular weight is 368 g/mol. The number of amides is 2. The summed E-state index contributed by atoms with van der Waals surface area (Å²) in [6, 6.07) is 12.0. The molecule has 27 heavy (non-hydrogen) atoms. The Balaban J connectivity index is 1.62. The molecule has 1 saturated heterocycles. The van der Waals surface area contributed by atoms with Gasteiger partial charge in [0.15, 0.2) is 0 Å². The van der Waals surface area contributed by atoms with E-state index in [2.05, 4.69) is 12.2 Å². The van der Waals surface area contributed by atoms with Gasteiger partial charge in [-0.15, -0.1) is 0 Å². The van der Waals surface area contributed by atoms with Gasteiger partial charge in [0.1, 0.15) is 5.82 Å². The number of aryl methyl sites for hydroxylation is 2. The summed E-state index contributed by atoms with van der Waals surface area (Å²) in [4.78, 5) is 26.8. The monoisotopic (exact) mass is 368 g/mol. The van der Waals surface area contributed by atoms with Gasteiger partial charge in [-0.3, -0.25) is 9.59 Å². The summed E-state index contributed by atoms with van der Waals surface area (Å²) in [5.74, 6) is -0.955. The summed E-state index contributed by atoms with van der Waals surface area (Å²) in [5.41, 5.74) is 3.16. The van der Waals surface area contributed by atoms with Crippen LogP contribution in [0.5, 0.6) is 0 Å². The zero-order valence-corrected chi connectivity index (χ0v) is 15.8. The number of halogens is 1. The highest BCUT2D eigenvalue weighted by molar-refractivity contribution is 5.96. The third-order valence-electron chi connectivity index (χ3n) is 5.25. The summed E-state index contributed by atoms with van der Waals surface area (Å²) in [5, 5.41) is 3.08. The van der Waals surface area contributed by atoms with E-state index >= 15 is 0 Å². The van der Waals surface area contributed by atoms with Crippen LogP contribution in [0.3, 0.4) is 0 Å². The summed E-state index contributed by atoms with van der Waals surface area (Å²) in [6.45, 7) is 4.97. The summed E-state index contributed by atoms with van der Waals surface area (Å²) in [6.07, 6.45) is 2.02. The minimum Gasteiger partial charge on any atom is -0.339 e. The van der Waals surface area contributed by atoms with E-state index in [9.17, 15) is 14.0 Å². The molecule has 0 unspecified atom stereocenters. The highest BCUT2D eigenvalue weighted by Gasteiger charge is 2.29. The van der Waals surface area contributed by atoms with Crippen molar-refractivity contribution in [1.82, 2.24) is 4.90 Å². The first-order valence-electron chi connectivity index (χ1n) is 9.44. The fraction of sp³-hybridized carbons (Fsp3) is 0.364. The normalized spacial score (nSPS) is 14.9. The molecule has 0 radical (unpaired) electrons. The van der Waals surface area contributed by atoms with Crippen molar-refractivity contribution in [3.63, 3.8) is 0 Å². The highest BCUT2D eigenvalue weighted by atomic mass is 19.1. The van der Waals surface area contributed by atoms with Crippen molar-refractivity contribution < 1.29 is 14.0 Å². The van der Waals surface area contributed by atoms with Crippen LogP contribution in [-0.4, -0.2) is 29.8 Å². The highest BCUT2D eigenvalue weighted by Crippen LogP contribution is 2.25. The second kappa shape index (κ2) is 8.33. The largest absolute Gasteiger partial charge is 0.339 e. The van der Waals surface area contributed by atoms with E-state index in [0.717, 1.165) is 23.2 Å². The number of anilines is 1. The van der Waals surface area contributed by atoms with E-state index in [-0.39, 0.29) is 23.3 Å². The van der Waals surface area contributed by atoms with Crippen LogP contribution in [0.25, 0.3) is 0 Å². The molecule has 1 heterocycles. The molecule has 142 valence electrons. The van der Waals surface area contributed by atoms with Crippen LogP contribution in [0.1, 0.15) is 41.3 Å². The number of hydrogen-bond donors (Lipinski definition) is 1. The van der Waals surface area contributed by atoms with Crippen LogP contribution in [0.4, 0.5) is 10.1 Å². The first-order chi connectivity index (χ1) is 13.0. The Morgan fingerprint density at radius 1 is 1.11 bits per heavy atom. The Labute approximate surface area is 159 Å². The second-order valence-electron chi connectivity index (χ2n) is 7.00. The third kappa shape index (κ3) is 4.18. The van der Waals surface area contributed by atoms with Crippen molar-refractivity contribution in [3.05, 3.63) is 65.0 Å². The molecular formula is C22H25FN2O2. The lowest BCUT2D eigenvalue weighted by Gasteiger charge is -2.31. The van der Waals surface area contributed by atoms with E-state index in [0.29, 0.717) is 25.9 Å². The van der Waals surface area contributed by atoms with Gasteiger partial charge in [0, 0.05) is 24.7 Å². The van der Waals surface area contributed by atoms with Gasteiger partial charge in [0.25, 0.3) is 5.91 Å². The molecule has 0 saturated carbocycles. The number of carbonyl (C=O) groups excluding carboxylic acids is 2. The van der Waals surface area contributed by atoms with Crippen LogP contribution in [0, 0.1) is 18.7 Å². The van der Waals surface area contributed by atoms with Crippen LogP contribution < -0.4 is 5.32 Å². The first kappa shape index (κ1) is 19.1. The lowest BCUT2D eigenvalue weighted by Crippen LogP contribution is -2.41. The van der Waals surface area contributed by atoms with Crippen molar-refractivity contribution in [2.24, 2.45) is 5.92 Å². The Morgan fingerprint density at radius 2 is 1.81 bits per heavy atom. The minimum atomic E-state index is -0.506. The average Bonchev–Trinajstić information content (AvgIpc) is 2.69. The molecular weight excluding hydrogens is 343 g/mol. The second-order valence-corrected chi connectivity index (χ2v) is 7.00. The molecule has 4 nitrogen and oxygen atoms in total. The molecule has 0 spiro atoms. The number of rotatable bonds is 4. The van der Waals surface area contributed by atoms with Crippen LogP contribution >= 0.6 is 0 Å². The van der Waals surface area contributed by atoms with Gasteiger partial charge in [-0.1, -0.05) is 37.3 Å². The van der Waals surface area contributed by atoms with E-state index in [1.165, 1.54) is 12.1 Å². The number of nitrogens with one attached hydrogen (secondary N) is 1. The van der Waals surface area contributed by atoms with E-state index < -0.39 is 5.82 Å². The summed E-state index contributed by atoms with van der Waals surface area (Å²) >= 11 is 0. The molecule has 0 aliphatic carbocycles. The molecule has 1 aliphatic rings. The maximum atomic E-state index is 13.8. The lowest BCUT2D eigenvalue weighted by molar-refractivity contribution is -0.121. The van der Waals surface area contributed by atoms with Gasteiger partial charge >= 0.3 is 0 Å². The Kier molecular flexibility index (Phi) is 5.89. The van der Waals surface area contributed by atoms with Gasteiger partial charge in [0.2, 0.25) is 5.91 Å². The van der Waals surface area contributed by atoms with Gasteiger partial charge in [-0.25, -0.2) is 4.39 Å². The molecule has 3 rings (SSSR count). The number of hydrogen-bond acceptors (Lipinski definition) is 2. The molecule has 1 N–H and O–H groups in total. The molecule has 1 fully saturated rings. The van der Waals surface area contributed by atoms with Crippen LogP contribution in [-0.2, 0) is 11.2 Å². The zero-order chi connectivity index (χ0) is 19.4. The maximum Gasteiger partial charge on any atom is 0.256 e. The minimum absolute atomic E-state index is 0.00279. The van der Waals surface area contributed by atoms with Crippen LogP contribution in [0.2, 0.25) is 0 Å². The summed E-state index contributed by atoms with van der Waals surface area (Å²) < 4.78 is 13.8. The SMILES string of the molecule is CCc1cccc(C)c1NC(=O)C1CCN(C(=O)c2ccccc2F)CC1. The van der Waals surface area contributed by atoms with Crippen molar-refractivity contribution in [3.8, 4) is 0 Å². The van der Waals surface area contributed by atoms with Gasteiger partial charge in [0.05, 0.1) is 5.56 Å². The number of likely N-dealkylation sites (tertiary alicyclic amines) is 1. The topological polar surface area (TPSA) is 49.4 Å². The van der Waals surface area contributed by atoms with Crippen molar-refractivity contribution in [2.45, 2.75) is 33.1 Å². The quantitative estimate of drug-likeness (QED) is 0.880. The Hall–Kier alpha value is -2.69. The summed E-state index contributed by atoms with van der Waals surface area (Å²) in [7, 11) is 0. The number of nitrogens with zero attached hydrogens (tertiary/aromatic N) is 1. The number of para-hydroxylation sites is 1. The molecule has 0 atom stereocenters. The van der Waals surface area contributed by atoms with Crippen LogP contribution in [0.15, 0.2) is 42.5 Å². The standard InChI is InChI=1S/C22H25FN2O2/c1-3-16-8-6-7-15(2)20(16)24-21(26)17-11-13-25(14-12-17)22(27)18-9-4-5-10-19(18)23/h4-10,17H,3,11-14H2,1-2H3,(H,24,26). The molecule has 0 aromatic heterocycles. The van der Waals surface area contributed by atoms with E-state index in [1.807, 2.05) is 25.1 Å². The lowest BCUT2D eigenvalue weighted by atomic mass is 9.94.